The third-order valence-corrected chi connectivity index (χ3v) is 3.13. The van der Waals surface area contributed by atoms with Crippen molar-refractivity contribution in [1.82, 2.24) is 19.9 Å². The average molecular weight is 222 g/mol. The van der Waals surface area contributed by atoms with E-state index in [2.05, 4.69) is 15.4 Å². The summed E-state index contributed by atoms with van der Waals surface area (Å²) in [6, 6.07) is 0.368. The van der Waals surface area contributed by atoms with Gasteiger partial charge in [0.15, 0.2) is 0 Å². The molecule has 0 bridgehead atoms. The fourth-order valence-electron chi connectivity index (χ4n) is 1.40. The lowest BCUT2D eigenvalue weighted by atomic mass is 10.4. The van der Waals surface area contributed by atoms with E-state index in [4.69, 9.17) is 0 Å². The molecule has 0 radical (unpaired) electrons. The average Bonchev–Trinajstić information content (AvgIpc) is 2.78. The molecule has 15 heavy (non-hydrogen) atoms. The van der Waals surface area contributed by atoms with Crippen LogP contribution in [0.2, 0.25) is 0 Å². The molecule has 0 aromatic carbocycles. The van der Waals surface area contributed by atoms with Crippen molar-refractivity contribution in [1.29, 1.82) is 0 Å². The molecule has 1 aliphatic carbocycles. The Bertz CT molecular complexity index is 494. The van der Waals surface area contributed by atoms with E-state index in [9.17, 15) is 4.79 Å². The molecule has 0 aliphatic heterocycles. The third-order valence-electron chi connectivity index (χ3n) is 2.29. The summed E-state index contributed by atoms with van der Waals surface area (Å²) in [7, 11) is 0. The second kappa shape index (κ2) is 3.03. The molecular weight excluding hydrogens is 212 g/mol. The van der Waals surface area contributed by atoms with E-state index in [-0.39, 0.29) is 5.91 Å². The Morgan fingerprint density at radius 1 is 1.67 bits per heavy atom. The topological polar surface area (TPSA) is 59.3 Å². The molecule has 6 heteroatoms. The SMILES string of the molecule is Cc1nn2cc(C(=O)NC3CC3)nc2s1. The number of imidazole rings is 1. The number of rotatable bonds is 2. The zero-order chi connectivity index (χ0) is 10.4. The van der Waals surface area contributed by atoms with Gasteiger partial charge in [0.25, 0.3) is 5.91 Å². The molecule has 0 saturated heterocycles. The van der Waals surface area contributed by atoms with Crippen molar-refractivity contribution in [3.8, 4) is 0 Å². The molecule has 3 rings (SSSR count). The predicted molar refractivity (Wildman–Crippen MR) is 56.1 cm³/mol. The lowest BCUT2D eigenvalue weighted by Gasteiger charge is -1.97. The van der Waals surface area contributed by atoms with Crippen molar-refractivity contribution >= 4 is 22.2 Å². The minimum Gasteiger partial charge on any atom is -0.348 e. The summed E-state index contributed by atoms with van der Waals surface area (Å²) in [5, 5.41) is 8.05. The highest BCUT2D eigenvalue weighted by molar-refractivity contribution is 7.16. The summed E-state index contributed by atoms with van der Waals surface area (Å²) in [6.45, 7) is 1.92. The van der Waals surface area contributed by atoms with Crippen molar-refractivity contribution < 1.29 is 4.79 Å². The van der Waals surface area contributed by atoms with Gasteiger partial charge in [0.1, 0.15) is 10.7 Å². The van der Waals surface area contributed by atoms with Crippen LogP contribution in [0.15, 0.2) is 6.20 Å². The Hall–Kier alpha value is -1.43. The number of carbonyl (C=O) groups excluding carboxylic acids is 1. The van der Waals surface area contributed by atoms with Crippen LogP contribution in [-0.2, 0) is 0 Å². The molecule has 2 aromatic rings. The maximum absolute atomic E-state index is 11.6. The van der Waals surface area contributed by atoms with Crippen molar-refractivity contribution in [2.75, 3.05) is 0 Å². The number of carbonyl (C=O) groups is 1. The molecule has 1 fully saturated rings. The lowest BCUT2D eigenvalue weighted by molar-refractivity contribution is 0.0946. The van der Waals surface area contributed by atoms with Gasteiger partial charge in [-0.15, -0.1) is 0 Å². The fourth-order valence-corrected chi connectivity index (χ4v) is 2.12. The second-order valence-corrected chi connectivity index (χ2v) is 4.88. The van der Waals surface area contributed by atoms with Crippen molar-refractivity contribution in [3.05, 3.63) is 16.9 Å². The number of nitrogens with one attached hydrogen (secondary N) is 1. The minimum atomic E-state index is -0.0900. The van der Waals surface area contributed by atoms with E-state index in [0.717, 1.165) is 22.8 Å². The van der Waals surface area contributed by atoms with E-state index in [0.29, 0.717) is 11.7 Å². The zero-order valence-corrected chi connectivity index (χ0v) is 9.04. The molecule has 0 atom stereocenters. The Morgan fingerprint density at radius 2 is 2.47 bits per heavy atom. The first-order valence-corrected chi connectivity index (χ1v) is 5.68. The molecule has 1 N–H and O–H groups in total. The van der Waals surface area contributed by atoms with E-state index in [1.54, 1.807) is 10.7 Å². The number of amides is 1. The highest BCUT2D eigenvalue weighted by atomic mass is 32.1. The van der Waals surface area contributed by atoms with Gasteiger partial charge in [-0.25, -0.2) is 9.50 Å². The molecular formula is C9H10N4OS. The molecule has 78 valence electrons. The maximum atomic E-state index is 11.6. The van der Waals surface area contributed by atoms with Crippen LogP contribution in [0.25, 0.3) is 4.96 Å². The normalized spacial score (nSPS) is 15.8. The number of nitrogens with zero attached hydrogens (tertiary/aromatic N) is 3. The Balaban J connectivity index is 1.89. The number of aromatic nitrogens is 3. The maximum Gasteiger partial charge on any atom is 0.271 e. The van der Waals surface area contributed by atoms with Gasteiger partial charge < -0.3 is 5.32 Å². The van der Waals surface area contributed by atoms with Crippen LogP contribution in [0.1, 0.15) is 28.3 Å². The standard InChI is InChI=1S/C9H10N4OS/c1-5-12-13-4-7(11-9(13)15-5)8(14)10-6-2-3-6/h4,6H,2-3H2,1H3,(H,10,14). The van der Waals surface area contributed by atoms with Gasteiger partial charge in [0, 0.05) is 6.04 Å². The largest absolute Gasteiger partial charge is 0.348 e. The van der Waals surface area contributed by atoms with Gasteiger partial charge in [0.05, 0.1) is 6.20 Å². The van der Waals surface area contributed by atoms with E-state index in [1.165, 1.54) is 11.3 Å². The van der Waals surface area contributed by atoms with E-state index < -0.39 is 0 Å². The van der Waals surface area contributed by atoms with Gasteiger partial charge in [-0.05, 0) is 19.8 Å². The van der Waals surface area contributed by atoms with Crippen LogP contribution in [-0.4, -0.2) is 26.5 Å². The zero-order valence-electron chi connectivity index (χ0n) is 8.23. The molecule has 1 saturated carbocycles. The number of hydrogen-bond donors (Lipinski definition) is 1. The van der Waals surface area contributed by atoms with E-state index >= 15 is 0 Å². The van der Waals surface area contributed by atoms with E-state index in [1.807, 2.05) is 6.92 Å². The highest BCUT2D eigenvalue weighted by Gasteiger charge is 2.25. The highest BCUT2D eigenvalue weighted by Crippen LogP contribution is 2.19. The van der Waals surface area contributed by atoms with Crippen molar-refractivity contribution in [3.63, 3.8) is 0 Å². The molecule has 1 aliphatic rings. The van der Waals surface area contributed by atoms with Gasteiger partial charge in [-0.2, -0.15) is 5.10 Å². The Kier molecular flexibility index (Phi) is 1.79. The smallest absolute Gasteiger partial charge is 0.271 e. The third kappa shape index (κ3) is 1.61. The van der Waals surface area contributed by atoms with Crippen LogP contribution >= 0.6 is 11.3 Å². The predicted octanol–water partition coefficient (Wildman–Crippen LogP) is 0.991. The molecule has 0 unspecified atom stereocenters. The number of fused-ring (bicyclic) bond motifs is 1. The molecule has 2 aromatic heterocycles. The van der Waals surface area contributed by atoms with Crippen LogP contribution in [0.5, 0.6) is 0 Å². The lowest BCUT2D eigenvalue weighted by Crippen LogP contribution is -2.25. The van der Waals surface area contributed by atoms with Crippen LogP contribution < -0.4 is 5.32 Å². The Morgan fingerprint density at radius 3 is 3.13 bits per heavy atom. The van der Waals surface area contributed by atoms with Crippen LogP contribution in [0.3, 0.4) is 0 Å². The number of aryl methyl sites for hydroxylation is 1. The quantitative estimate of drug-likeness (QED) is 0.824. The second-order valence-electron chi connectivity index (χ2n) is 3.72. The van der Waals surface area contributed by atoms with Crippen LogP contribution in [0, 0.1) is 6.92 Å². The molecule has 5 nitrogen and oxygen atoms in total. The van der Waals surface area contributed by atoms with Gasteiger partial charge in [-0.1, -0.05) is 11.3 Å². The summed E-state index contributed by atoms with van der Waals surface area (Å²) in [4.78, 5) is 16.6. The van der Waals surface area contributed by atoms with Gasteiger partial charge in [-0.3, -0.25) is 4.79 Å². The first-order chi connectivity index (χ1) is 7.22. The first kappa shape index (κ1) is 8.84. The van der Waals surface area contributed by atoms with Crippen molar-refractivity contribution in [2.45, 2.75) is 25.8 Å². The Labute approximate surface area is 90.1 Å². The van der Waals surface area contributed by atoms with Gasteiger partial charge in [0.2, 0.25) is 4.96 Å². The first-order valence-electron chi connectivity index (χ1n) is 4.86. The fraction of sp³-hybridized carbons (Fsp3) is 0.444. The summed E-state index contributed by atoms with van der Waals surface area (Å²) < 4.78 is 1.65. The number of hydrogen-bond acceptors (Lipinski definition) is 4. The molecule has 0 spiro atoms. The molecule has 2 heterocycles. The van der Waals surface area contributed by atoms with Gasteiger partial charge >= 0.3 is 0 Å². The summed E-state index contributed by atoms with van der Waals surface area (Å²) in [5.41, 5.74) is 0.459. The summed E-state index contributed by atoms with van der Waals surface area (Å²) in [6.07, 6.45) is 3.85. The van der Waals surface area contributed by atoms with Crippen molar-refractivity contribution in [2.24, 2.45) is 0 Å². The summed E-state index contributed by atoms with van der Waals surface area (Å²) in [5.74, 6) is -0.0900. The van der Waals surface area contributed by atoms with Crippen LogP contribution in [0.4, 0.5) is 0 Å². The monoisotopic (exact) mass is 222 g/mol. The molecule has 1 amide bonds. The minimum absolute atomic E-state index is 0.0900. The summed E-state index contributed by atoms with van der Waals surface area (Å²) >= 11 is 1.49.